The van der Waals surface area contributed by atoms with Crippen LogP contribution in [0.15, 0.2) is 4.99 Å². The number of nitrogens with zero attached hydrogens (tertiary/aromatic N) is 1. The van der Waals surface area contributed by atoms with Gasteiger partial charge in [-0.2, -0.15) is 0 Å². The summed E-state index contributed by atoms with van der Waals surface area (Å²) < 4.78 is 0. The number of carboxylic acid groups (broad SMARTS) is 1. The highest BCUT2D eigenvalue weighted by Gasteiger charge is 2.14. The number of amidine groups is 1. The first kappa shape index (κ1) is 11.9. The van der Waals surface area contributed by atoms with Crippen molar-refractivity contribution in [2.45, 2.75) is 45.6 Å². The summed E-state index contributed by atoms with van der Waals surface area (Å²) in [5, 5.41) is 8.76. The summed E-state index contributed by atoms with van der Waals surface area (Å²) in [7, 11) is 0. The van der Waals surface area contributed by atoms with Crippen molar-refractivity contribution < 1.29 is 9.90 Å². The lowest BCUT2D eigenvalue weighted by molar-refractivity contribution is -0.138. The number of nitrogens with two attached hydrogens (primary N) is 1. The molecule has 3 N–H and O–H groups in total. The van der Waals surface area contributed by atoms with Gasteiger partial charge in [0.25, 0.3) is 0 Å². The first-order valence-electron chi connectivity index (χ1n) is 4.60. The maximum absolute atomic E-state index is 10.7. The zero-order chi connectivity index (χ0) is 10.3. The molecule has 0 aromatic heterocycles. The van der Waals surface area contributed by atoms with Crippen LogP contribution in [0, 0.1) is 0 Å². The van der Waals surface area contributed by atoms with Crippen LogP contribution in [0.25, 0.3) is 0 Å². The lowest BCUT2D eigenvalue weighted by Gasteiger charge is -2.06. The maximum atomic E-state index is 10.7. The number of carbonyl (C=O) groups is 1. The number of aliphatic carboxylic acids is 1. The van der Waals surface area contributed by atoms with Gasteiger partial charge in [0.2, 0.25) is 0 Å². The Morgan fingerprint density at radius 1 is 1.54 bits per heavy atom. The van der Waals surface area contributed by atoms with Crippen molar-refractivity contribution in [2.75, 3.05) is 0 Å². The van der Waals surface area contributed by atoms with Crippen molar-refractivity contribution in [1.82, 2.24) is 0 Å². The van der Waals surface area contributed by atoms with E-state index in [0.717, 1.165) is 19.3 Å². The zero-order valence-corrected chi connectivity index (χ0v) is 8.29. The molecule has 4 heteroatoms. The molecule has 0 heterocycles. The van der Waals surface area contributed by atoms with Crippen LogP contribution in [0.2, 0.25) is 0 Å². The van der Waals surface area contributed by atoms with Crippen molar-refractivity contribution in [1.29, 1.82) is 0 Å². The smallest absolute Gasteiger partial charge is 0.328 e. The van der Waals surface area contributed by atoms with Gasteiger partial charge in [-0.15, -0.1) is 0 Å². The fraction of sp³-hybridized carbons (Fsp3) is 0.778. The second-order valence-corrected chi connectivity index (χ2v) is 3.12. The Morgan fingerprint density at radius 2 is 2.15 bits per heavy atom. The summed E-state index contributed by atoms with van der Waals surface area (Å²) in [6.45, 7) is 3.68. The lowest BCUT2D eigenvalue weighted by atomic mass is 10.1. The van der Waals surface area contributed by atoms with Crippen molar-refractivity contribution >= 4 is 11.8 Å². The summed E-state index contributed by atoms with van der Waals surface area (Å²) >= 11 is 0. The van der Waals surface area contributed by atoms with Crippen LogP contribution < -0.4 is 5.73 Å². The molecule has 0 aliphatic carbocycles. The van der Waals surface area contributed by atoms with Gasteiger partial charge in [0.05, 0.1) is 5.84 Å². The van der Waals surface area contributed by atoms with Gasteiger partial charge >= 0.3 is 5.97 Å². The zero-order valence-electron chi connectivity index (χ0n) is 8.29. The molecule has 0 aromatic carbocycles. The highest BCUT2D eigenvalue weighted by Crippen LogP contribution is 2.06. The Hall–Kier alpha value is -1.06. The molecule has 0 aliphatic rings. The third-order valence-corrected chi connectivity index (χ3v) is 1.73. The maximum Gasteiger partial charge on any atom is 0.328 e. The number of unbranched alkanes of at least 4 members (excludes halogenated alkanes) is 2. The average Bonchev–Trinajstić information content (AvgIpc) is 2.02. The van der Waals surface area contributed by atoms with E-state index >= 15 is 0 Å². The molecule has 0 bridgehead atoms. The molecule has 0 fully saturated rings. The lowest BCUT2D eigenvalue weighted by Crippen LogP contribution is -2.21. The largest absolute Gasteiger partial charge is 0.480 e. The molecule has 1 unspecified atom stereocenters. The molecule has 4 nitrogen and oxygen atoms in total. The molecule has 0 radical (unpaired) electrons. The quantitative estimate of drug-likeness (QED) is 0.374. The van der Waals surface area contributed by atoms with Crippen LogP contribution >= 0.6 is 0 Å². The van der Waals surface area contributed by atoms with E-state index in [1.165, 1.54) is 0 Å². The molecule has 0 amide bonds. The summed E-state index contributed by atoms with van der Waals surface area (Å²) in [6, 6.07) is -0.656. The van der Waals surface area contributed by atoms with Crippen LogP contribution in [0.5, 0.6) is 0 Å². The normalized spacial score (nSPS) is 14.2. The molecule has 0 saturated carbocycles. The average molecular weight is 186 g/mol. The number of carboxylic acids is 1. The van der Waals surface area contributed by atoms with E-state index in [1.54, 1.807) is 6.92 Å². The molecule has 0 spiro atoms. The first-order valence-corrected chi connectivity index (χ1v) is 4.60. The second kappa shape index (κ2) is 6.46. The molecule has 0 aliphatic heterocycles. The van der Waals surface area contributed by atoms with Crippen LogP contribution in [0.1, 0.15) is 39.5 Å². The van der Waals surface area contributed by atoms with Gasteiger partial charge in [-0.1, -0.05) is 26.2 Å². The van der Waals surface area contributed by atoms with E-state index in [9.17, 15) is 4.79 Å². The van der Waals surface area contributed by atoms with Crippen molar-refractivity contribution in [3.63, 3.8) is 0 Å². The molecular weight excluding hydrogens is 168 g/mol. The summed E-state index contributed by atoms with van der Waals surface area (Å²) in [4.78, 5) is 14.5. The number of rotatable bonds is 6. The van der Waals surface area contributed by atoms with Gasteiger partial charge in [-0.25, -0.2) is 4.79 Å². The first-order chi connectivity index (χ1) is 6.07. The molecular formula is C9H18N2O2. The summed E-state index contributed by atoms with van der Waals surface area (Å²) in [5.41, 5.74) is 5.32. The standard InChI is InChI=1S/C9H18N2O2/c1-3-4-5-6-8(9(12)13)11-7(2)10/h8H,3-6H2,1-2H3,(H2,10,11)(H,12,13). The van der Waals surface area contributed by atoms with Gasteiger partial charge in [0.1, 0.15) is 6.04 Å². The van der Waals surface area contributed by atoms with Gasteiger partial charge in [-0.3, -0.25) is 4.99 Å². The van der Waals surface area contributed by atoms with E-state index in [-0.39, 0.29) is 0 Å². The minimum Gasteiger partial charge on any atom is -0.480 e. The number of hydrogen-bond donors (Lipinski definition) is 2. The number of hydrogen-bond acceptors (Lipinski definition) is 2. The van der Waals surface area contributed by atoms with Crippen LogP contribution in [0.3, 0.4) is 0 Å². The Morgan fingerprint density at radius 3 is 2.54 bits per heavy atom. The predicted molar refractivity (Wildman–Crippen MR) is 52.9 cm³/mol. The highest BCUT2D eigenvalue weighted by atomic mass is 16.4. The van der Waals surface area contributed by atoms with Gasteiger partial charge in [0.15, 0.2) is 0 Å². The Balaban J connectivity index is 3.96. The van der Waals surface area contributed by atoms with E-state index in [2.05, 4.69) is 11.9 Å². The van der Waals surface area contributed by atoms with Crippen molar-refractivity contribution in [2.24, 2.45) is 10.7 Å². The van der Waals surface area contributed by atoms with Crippen molar-refractivity contribution in [3.8, 4) is 0 Å². The third kappa shape index (κ3) is 6.13. The van der Waals surface area contributed by atoms with Gasteiger partial charge in [-0.05, 0) is 13.3 Å². The topological polar surface area (TPSA) is 75.7 Å². The summed E-state index contributed by atoms with van der Waals surface area (Å²) in [5.74, 6) is -0.551. The minimum atomic E-state index is -0.888. The Kier molecular flexibility index (Phi) is 5.93. The monoisotopic (exact) mass is 186 g/mol. The number of aliphatic imine (C=N–C) groups is 1. The molecule has 0 rings (SSSR count). The van der Waals surface area contributed by atoms with E-state index in [0.29, 0.717) is 12.3 Å². The Bertz CT molecular complexity index is 186. The second-order valence-electron chi connectivity index (χ2n) is 3.12. The molecule has 0 saturated heterocycles. The SMILES string of the molecule is CCCCCC(N=C(C)N)C(=O)O. The van der Waals surface area contributed by atoms with Crippen molar-refractivity contribution in [3.05, 3.63) is 0 Å². The molecule has 13 heavy (non-hydrogen) atoms. The molecule has 1 atom stereocenters. The van der Waals surface area contributed by atoms with Gasteiger partial charge < -0.3 is 10.8 Å². The van der Waals surface area contributed by atoms with E-state index in [4.69, 9.17) is 10.8 Å². The fourth-order valence-electron chi connectivity index (χ4n) is 1.08. The minimum absolute atomic E-state index is 0.337. The molecule has 0 aromatic rings. The highest BCUT2D eigenvalue weighted by molar-refractivity contribution is 5.82. The van der Waals surface area contributed by atoms with Crippen LogP contribution in [0.4, 0.5) is 0 Å². The van der Waals surface area contributed by atoms with E-state index in [1.807, 2.05) is 0 Å². The van der Waals surface area contributed by atoms with Gasteiger partial charge in [0, 0.05) is 0 Å². The summed E-state index contributed by atoms with van der Waals surface area (Å²) in [6.07, 6.45) is 3.60. The van der Waals surface area contributed by atoms with Crippen LogP contribution in [-0.2, 0) is 4.79 Å². The van der Waals surface area contributed by atoms with E-state index < -0.39 is 12.0 Å². The van der Waals surface area contributed by atoms with Crippen LogP contribution in [-0.4, -0.2) is 23.0 Å². The molecule has 76 valence electrons. The fourth-order valence-corrected chi connectivity index (χ4v) is 1.08. The third-order valence-electron chi connectivity index (χ3n) is 1.73. The Labute approximate surface area is 78.8 Å². The predicted octanol–water partition coefficient (Wildman–Crippen LogP) is 1.40.